The quantitative estimate of drug-likeness (QED) is 0.917. The Hall–Kier alpha value is -1.98. The van der Waals surface area contributed by atoms with Gasteiger partial charge in [0.05, 0.1) is 18.4 Å². The maximum Gasteiger partial charge on any atom is 0.225 e. The van der Waals surface area contributed by atoms with E-state index >= 15 is 0 Å². The molecule has 3 rings (SSSR count). The monoisotopic (exact) mass is 313 g/mol. The predicted molar refractivity (Wildman–Crippen MR) is 90.6 cm³/mol. The molecule has 2 heterocycles. The summed E-state index contributed by atoms with van der Waals surface area (Å²) in [5.41, 5.74) is 4.38. The zero-order chi connectivity index (χ0) is 16.2. The highest BCUT2D eigenvalue weighted by Crippen LogP contribution is 2.25. The molecule has 23 heavy (non-hydrogen) atoms. The van der Waals surface area contributed by atoms with Gasteiger partial charge in [0.1, 0.15) is 0 Å². The second-order valence-corrected chi connectivity index (χ2v) is 6.00. The zero-order valence-electron chi connectivity index (χ0n) is 13.7. The third-order valence-electron chi connectivity index (χ3n) is 4.25. The summed E-state index contributed by atoms with van der Waals surface area (Å²) in [7, 11) is 1.72. The van der Waals surface area contributed by atoms with Gasteiger partial charge in [0.25, 0.3) is 0 Å². The second-order valence-electron chi connectivity index (χ2n) is 6.00. The maximum absolute atomic E-state index is 9.66. The number of rotatable bonds is 5. The summed E-state index contributed by atoms with van der Waals surface area (Å²) in [6.45, 7) is 4.15. The van der Waals surface area contributed by atoms with Gasteiger partial charge in [-0.15, -0.1) is 0 Å². The molecule has 1 aliphatic rings. The Morgan fingerprint density at radius 2 is 2.26 bits per heavy atom. The Bertz CT molecular complexity index is 675. The Labute approximate surface area is 137 Å². The van der Waals surface area contributed by atoms with Crippen LogP contribution < -0.4 is 4.90 Å². The number of hydrogen-bond donors (Lipinski definition) is 1. The van der Waals surface area contributed by atoms with Crippen LogP contribution in [-0.2, 0) is 11.2 Å². The number of anilines is 1. The van der Waals surface area contributed by atoms with E-state index in [0.29, 0.717) is 12.5 Å². The third kappa shape index (κ3) is 3.68. The first-order valence-electron chi connectivity index (χ1n) is 8.02. The standard InChI is InChI=1S/C18H23N3O2/c1-13-17(15-5-3-4-14(10-15)7-9-23-2)11-19-18(20-13)21-8-6-16(22)12-21/h3-5,10-11,16,22H,6-9,12H2,1-2H3/t16-/m1/s1. The smallest absolute Gasteiger partial charge is 0.225 e. The van der Waals surface area contributed by atoms with Crippen LogP contribution in [0.4, 0.5) is 5.95 Å². The fourth-order valence-electron chi connectivity index (χ4n) is 2.93. The van der Waals surface area contributed by atoms with Crippen molar-refractivity contribution in [2.75, 3.05) is 31.7 Å². The summed E-state index contributed by atoms with van der Waals surface area (Å²) in [4.78, 5) is 11.2. The minimum absolute atomic E-state index is 0.268. The summed E-state index contributed by atoms with van der Waals surface area (Å²) < 4.78 is 5.15. The highest BCUT2D eigenvalue weighted by molar-refractivity contribution is 5.66. The largest absolute Gasteiger partial charge is 0.391 e. The lowest BCUT2D eigenvalue weighted by Crippen LogP contribution is -2.23. The molecule has 1 saturated heterocycles. The van der Waals surface area contributed by atoms with Crippen LogP contribution in [0.2, 0.25) is 0 Å². The first-order valence-corrected chi connectivity index (χ1v) is 8.02. The lowest BCUT2D eigenvalue weighted by Gasteiger charge is -2.16. The van der Waals surface area contributed by atoms with Gasteiger partial charge >= 0.3 is 0 Å². The van der Waals surface area contributed by atoms with Gasteiger partial charge in [-0.2, -0.15) is 0 Å². The Morgan fingerprint density at radius 1 is 1.39 bits per heavy atom. The van der Waals surface area contributed by atoms with Crippen molar-refractivity contribution >= 4 is 5.95 Å². The molecule has 1 aromatic heterocycles. The number of aliphatic hydroxyl groups excluding tert-OH is 1. The van der Waals surface area contributed by atoms with Crippen molar-refractivity contribution in [2.45, 2.75) is 25.9 Å². The number of ether oxygens (including phenoxy) is 1. The highest BCUT2D eigenvalue weighted by Gasteiger charge is 2.22. The molecule has 1 aromatic carbocycles. The normalized spacial score (nSPS) is 17.7. The maximum atomic E-state index is 9.66. The van der Waals surface area contributed by atoms with Crippen LogP contribution in [0.3, 0.4) is 0 Å². The number of aromatic nitrogens is 2. The Balaban J connectivity index is 1.83. The summed E-state index contributed by atoms with van der Waals surface area (Å²) in [6, 6.07) is 8.43. The van der Waals surface area contributed by atoms with E-state index in [1.807, 2.05) is 18.0 Å². The van der Waals surface area contributed by atoms with Crippen LogP contribution >= 0.6 is 0 Å². The molecule has 1 aliphatic heterocycles. The molecule has 0 unspecified atom stereocenters. The van der Waals surface area contributed by atoms with Gasteiger partial charge in [0.15, 0.2) is 0 Å². The summed E-state index contributed by atoms with van der Waals surface area (Å²) in [5, 5.41) is 9.66. The number of nitrogens with zero attached hydrogens (tertiary/aromatic N) is 3. The first kappa shape index (κ1) is 15.9. The van der Waals surface area contributed by atoms with Crippen molar-refractivity contribution in [3.05, 3.63) is 41.7 Å². The van der Waals surface area contributed by atoms with Crippen LogP contribution in [0.5, 0.6) is 0 Å². The second kappa shape index (κ2) is 7.06. The number of aliphatic hydroxyl groups is 1. The lowest BCUT2D eigenvalue weighted by atomic mass is 10.0. The van der Waals surface area contributed by atoms with E-state index in [0.717, 1.165) is 42.8 Å². The molecule has 0 radical (unpaired) electrons. The van der Waals surface area contributed by atoms with Gasteiger partial charge in [0, 0.05) is 32.0 Å². The molecular formula is C18H23N3O2. The number of β-amino-alcohol motifs (C(OH)–C–C–N with tert-alkyl or cyclic N) is 1. The minimum Gasteiger partial charge on any atom is -0.391 e. The number of hydrogen-bond acceptors (Lipinski definition) is 5. The van der Waals surface area contributed by atoms with Crippen molar-refractivity contribution in [3.63, 3.8) is 0 Å². The fraction of sp³-hybridized carbons (Fsp3) is 0.444. The van der Waals surface area contributed by atoms with Gasteiger partial charge in [-0.3, -0.25) is 0 Å². The van der Waals surface area contributed by atoms with Crippen molar-refractivity contribution < 1.29 is 9.84 Å². The number of methoxy groups -OCH3 is 1. The molecule has 1 N–H and O–H groups in total. The summed E-state index contributed by atoms with van der Waals surface area (Å²) in [5.74, 6) is 0.707. The van der Waals surface area contributed by atoms with Gasteiger partial charge in [0.2, 0.25) is 5.95 Å². The molecule has 0 saturated carbocycles. The molecule has 0 aliphatic carbocycles. The van der Waals surface area contributed by atoms with E-state index < -0.39 is 0 Å². The molecular weight excluding hydrogens is 290 g/mol. The first-order chi connectivity index (χ1) is 11.2. The van der Waals surface area contributed by atoms with E-state index in [9.17, 15) is 5.11 Å². The molecule has 122 valence electrons. The van der Waals surface area contributed by atoms with Gasteiger partial charge in [-0.05, 0) is 30.9 Å². The molecule has 0 bridgehead atoms. The van der Waals surface area contributed by atoms with E-state index in [1.165, 1.54) is 5.56 Å². The molecule has 1 fully saturated rings. The summed E-state index contributed by atoms with van der Waals surface area (Å²) >= 11 is 0. The molecule has 1 atom stereocenters. The van der Waals surface area contributed by atoms with Crippen molar-refractivity contribution in [1.29, 1.82) is 0 Å². The topological polar surface area (TPSA) is 58.5 Å². The van der Waals surface area contributed by atoms with Crippen molar-refractivity contribution in [1.82, 2.24) is 9.97 Å². The van der Waals surface area contributed by atoms with Gasteiger partial charge < -0.3 is 14.7 Å². The lowest BCUT2D eigenvalue weighted by molar-refractivity contribution is 0.198. The van der Waals surface area contributed by atoms with Crippen LogP contribution in [0, 0.1) is 6.92 Å². The van der Waals surface area contributed by atoms with Crippen molar-refractivity contribution in [2.24, 2.45) is 0 Å². The molecule has 2 aromatic rings. The summed E-state index contributed by atoms with van der Waals surface area (Å²) in [6.07, 6.45) is 3.30. The van der Waals surface area contributed by atoms with E-state index in [4.69, 9.17) is 4.74 Å². The molecule has 5 nitrogen and oxygen atoms in total. The van der Waals surface area contributed by atoms with Gasteiger partial charge in [-0.25, -0.2) is 9.97 Å². The predicted octanol–water partition coefficient (Wildman–Crippen LogP) is 2.21. The van der Waals surface area contributed by atoms with Crippen molar-refractivity contribution in [3.8, 4) is 11.1 Å². The van der Waals surface area contributed by atoms with Crippen LogP contribution in [0.1, 0.15) is 17.7 Å². The minimum atomic E-state index is -0.268. The Kier molecular flexibility index (Phi) is 4.88. The van der Waals surface area contributed by atoms with Crippen LogP contribution in [-0.4, -0.2) is 48.0 Å². The highest BCUT2D eigenvalue weighted by atomic mass is 16.5. The Morgan fingerprint density at radius 3 is 2.96 bits per heavy atom. The van der Waals surface area contributed by atoms with E-state index in [-0.39, 0.29) is 6.10 Å². The third-order valence-corrected chi connectivity index (χ3v) is 4.25. The van der Waals surface area contributed by atoms with E-state index in [1.54, 1.807) is 7.11 Å². The molecule has 0 spiro atoms. The molecule has 0 amide bonds. The zero-order valence-corrected chi connectivity index (χ0v) is 13.7. The molecule has 5 heteroatoms. The number of aryl methyl sites for hydroxylation is 1. The average molecular weight is 313 g/mol. The SMILES string of the molecule is COCCc1cccc(-c2cnc(N3CC[C@@H](O)C3)nc2C)c1. The number of benzene rings is 1. The van der Waals surface area contributed by atoms with E-state index in [2.05, 4.69) is 34.2 Å². The van der Waals surface area contributed by atoms with Crippen LogP contribution in [0.15, 0.2) is 30.5 Å². The van der Waals surface area contributed by atoms with Gasteiger partial charge in [-0.1, -0.05) is 24.3 Å². The van der Waals surface area contributed by atoms with Crippen LogP contribution in [0.25, 0.3) is 11.1 Å². The fourth-order valence-corrected chi connectivity index (χ4v) is 2.93. The average Bonchev–Trinajstić information content (AvgIpc) is 2.99.